The molecule has 5 rings (SSSR count). The molecule has 0 saturated heterocycles. The molecule has 0 N–H and O–H groups in total. The van der Waals surface area contributed by atoms with E-state index in [1.54, 1.807) is 14.2 Å². The highest BCUT2D eigenvalue weighted by atomic mass is 16.5. The van der Waals surface area contributed by atoms with E-state index in [1.165, 1.54) is 0 Å². The Morgan fingerprint density at radius 3 is 1.64 bits per heavy atom. The minimum absolute atomic E-state index is 0.0253. The highest BCUT2D eigenvalue weighted by molar-refractivity contribution is 6.23. The van der Waals surface area contributed by atoms with Gasteiger partial charge in [0.25, 0.3) is 0 Å². The Bertz CT molecular complexity index is 895. The van der Waals surface area contributed by atoms with Crippen LogP contribution in [0.1, 0.15) is 27.1 Å². The largest absolute Gasteiger partial charge is 0.495 e. The molecule has 25 heavy (non-hydrogen) atoms. The molecule has 0 aromatic heterocycles. The molecule has 1 fully saturated rings. The van der Waals surface area contributed by atoms with Gasteiger partial charge in [-0.1, -0.05) is 36.4 Å². The van der Waals surface area contributed by atoms with Crippen molar-refractivity contribution in [2.45, 2.75) is 6.42 Å². The first-order valence-electron chi connectivity index (χ1n) is 8.60. The Balaban J connectivity index is 1.89. The summed E-state index contributed by atoms with van der Waals surface area (Å²) in [5.74, 6) is 0.868. The Morgan fingerprint density at radius 2 is 1.24 bits per heavy atom. The fourth-order valence-electron chi connectivity index (χ4n) is 5.14. The summed E-state index contributed by atoms with van der Waals surface area (Å²) < 4.78 is 11.3. The first-order chi connectivity index (χ1) is 12.2. The molecule has 4 heteroatoms. The molecule has 0 radical (unpaired) electrons. The van der Waals surface area contributed by atoms with Crippen LogP contribution in [0.25, 0.3) is 10.8 Å². The second kappa shape index (κ2) is 4.94. The molecule has 2 aromatic rings. The van der Waals surface area contributed by atoms with E-state index in [1.807, 2.05) is 24.3 Å². The summed E-state index contributed by atoms with van der Waals surface area (Å²) in [5, 5.41) is 1.61. The molecule has 4 nitrogen and oxygen atoms in total. The van der Waals surface area contributed by atoms with Gasteiger partial charge >= 0.3 is 0 Å². The lowest BCUT2D eigenvalue weighted by Crippen LogP contribution is -2.39. The van der Waals surface area contributed by atoms with Crippen LogP contribution in [0, 0.1) is 23.7 Å². The minimum Gasteiger partial charge on any atom is -0.495 e. The second-order valence-corrected chi connectivity index (χ2v) is 7.09. The molecular formula is C21H18O4. The van der Waals surface area contributed by atoms with Crippen LogP contribution in [-0.4, -0.2) is 25.8 Å². The molecule has 2 unspecified atom stereocenters. The monoisotopic (exact) mass is 334 g/mol. The third-order valence-corrected chi connectivity index (χ3v) is 6.09. The number of ether oxygens (including phenoxy) is 2. The van der Waals surface area contributed by atoms with E-state index in [4.69, 9.17) is 9.47 Å². The summed E-state index contributed by atoms with van der Waals surface area (Å²) in [6.45, 7) is 0. The zero-order chi connectivity index (χ0) is 17.3. The molecule has 126 valence electrons. The number of fused-ring (bicyclic) bond motifs is 7. The highest BCUT2D eigenvalue weighted by Crippen LogP contribution is 2.56. The molecule has 3 aliphatic carbocycles. The number of allylic oxidation sites excluding steroid dienone is 2. The summed E-state index contributed by atoms with van der Waals surface area (Å²) in [4.78, 5) is 26.8. The minimum atomic E-state index is -0.255. The lowest BCUT2D eigenvalue weighted by atomic mass is 9.68. The normalized spacial score (nSPS) is 29.0. The maximum absolute atomic E-state index is 13.4. The summed E-state index contributed by atoms with van der Waals surface area (Å²) in [7, 11) is 3.11. The van der Waals surface area contributed by atoms with Crippen molar-refractivity contribution in [1.82, 2.24) is 0 Å². The van der Waals surface area contributed by atoms with Gasteiger partial charge < -0.3 is 9.47 Å². The van der Waals surface area contributed by atoms with E-state index < -0.39 is 0 Å². The lowest BCUT2D eigenvalue weighted by molar-refractivity contribution is 0.0715. The smallest absolute Gasteiger partial charge is 0.171 e. The van der Waals surface area contributed by atoms with Crippen LogP contribution in [0.2, 0.25) is 0 Å². The van der Waals surface area contributed by atoms with Crippen molar-refractivity contribution in [1.29, 1.82) is 0 Å². The Kier molecular flexibility index (Phi) is 2.91. The first-order valence-corrected chi connectivity index (χ1v) is 8.60. The summed E-state index contributed by atoms with van der Waals surface area (Å²) in [6, 6.07) is 7.60. The highest BCUT2D eigenvalue weighted by Gasteiger charge is 2.56. The van der Waals surface area contributed by atoms with E-state index in [2.05, 4.69) is 12.2 Å². The SMILES string of the molecule is COc1c2c(c(OC)c3ccccc13)C(=O)C1C(C2=O)[C@@H]2C=C[C@H]1C2. The summed E-state index contributed by atoms with van der Waals surface area (Å²) in [5.41, 5.74) is 0.815. The van der Waals surface area contributed by atoms with Gasteiger partial charge in [0, 0.05) is 22.6 Å². The van der Waals surface area contributed by atoms with Crippen molar-refractivity contribution < 1.29 is 19.1 Å². The number of carbonyl (C=O) groups is 2. The van der Waals surface area contributed by atoms with Gasteiger partial charge in [0.05, 0.1) is 25.3 Å². The maximum Gasteiger partial charge on any atom is 0.171 e. The Labute approximate surface area is 145 Å². The number of Topliss-reactive ketones (excluding diaryl/α,β-unsaturated/α-hetero) is 2. The number of methoxy groups -OCH3 is 2. The second-order valence-electron chi connectivity index (χ2n) is 7.09. The van der Waals surface area contributed by atoms with Gasteiger partial charge in [-0.15, -0.1) is 0 Å². The van der Waals surface area contributed by atoms with Crippen LogP contribution < -0.4 is 9.47 Å². The fourth-order valence-corrected chi connectivity index (χ4v) is 5.14. The van der Waals surface area contributed by atoms with E-state index in [0.29, 0.717) is 22.6 Å². The van der Waals surface area contributed by atoms with Crippen LogP contribution in [0.3, 0.4) is 0 Å². The van der Waals surface area contributed by atoms with Crippen molar-refractivity contribution in [3.63, 3.8) is 0 Å². The zero-order valence-corrected chi connectivity index (χ0v) is 14.1. The van der Waals surface area contributed by atoms with Crippen LogP contribution >= 0.6 is 0 Å². The summed E-state index contributed by atoms with van der Waals surface area (Å²) in [6.07, 6.45) is 5.10. The van der Waals surface area contributed by atoms with Gasteiger partial charge in [-0.25, -0.2) is 0 Å². The van der Waals surface area contributed by atoms with Crippen molar-refractivity contribution in [2.75, 3.05) is 14.2 Å². The molecule has 0 aliphatic heterocycles. The predicted molar refractivity (Wildman–Crippen MR) is 93.4 cm³/mol. The lowest BCUT2D eigenvalue weighted by Gasteiger charge is -2.33. The standard InChI is InChI=1S/C21H18O4/c1-24-20-12-5-3-4-6-13(12)21(25-2)17-16(20)18(22)14-10-7-8-11(9-10)15(14)19(17)23/h3-8,10-11,14-15H,9H2,1-2H3/t10-,11+,14?,15?. The maximum atomic E-state index is 13.4. The van der Waals surface area contributed by atoms with Crippen LogP contribution in [0.5, 0.6) is 11.5 Å². The first kappa shape index (κ1) is 14.7. The average molecular weight is 334 g/mol. The molecule has 0 heterocycles. The van der Waals surface area contributed by atoms with E-state index >= 15 is 0 Å². The quantitative estimate of drug-likeness (QED) is 0.786. The van der Waals surface area contributed by atoms with Crippen molar-refractivity contribution in [2.24, 2.45) is 23.7 Å². The summed E-state index contributed by atoms with van der Waals surface area (Å²) >= 11 is 0. The number of benzene rings is 2. The molecule has 1 saturated carbocycles. The van der Waals surface area contributed by atoms with Gasteiger partial charge in [-0.3, -0.25) is 9.59 Å². The Morgan fingerprint density at radius 1 is 0.800 bits per heavy atom. The van der Waals surface area contributed by atoms with Crippen molar-refractivity contribution >= 4 is 22.3 Å². The van der Waals surface area contributed by atoms with Crippen molar-refractivity contribution in [3.05, 3.63) is 47.5 Å². The number of hydrogen-bond acceptors (Lipinski definition) is 4. The third kappa shape index (κ3) is 1.67. The van der Waals surface area contributed by atoms with Gasteiger partial charge in [-0.05, 0) is 18.3 Å². The fraction of sp³-hybridized carbons (Fsp3) is 0.333. The van der Waals surface area contributed by atoms with Gasteiger partial charge in [-0.2, -0.15) is 0 Å². The van der Waals surface area contributed by atoms with Crippen LogP contribution in [-0.2, 0) is 0 Å². The van der Waals surface area contributed by atoms with Gasteiger partial charge in [0.15, 0.2) is 11.6 Å². The molecule has 2 bridgehead atoms. The number of carbonyl (C=O) groups excluding carboxylic acids is 2. The number of rotatable bonds is 2. The van der Waals surface area contributed by atoms with Crippen molar-refractivity contribution in [3.8, 4) is 11.5 Å². The zero-order valence-electron chi connectivity index (χ0n) is 14.1. The molecule has 3 aliphatic rings. The third-order valence-electron chi connectivity index (χ3n) is 6.09. The van der Waals surface area contributed by atoms with Crippen LogP contribution in [0.4, 0.5) is 0 Å². The van der Waals surface area contributed by atoms with E-state index in [0.717, 1.165) is 17.2 Å². The van der Waals surface area contributed by atoms with Gasteiger partial charge in [0.1, 0.15) is 11.5 Å². The average Bonchev–Trinajstić information content (AvgIpc) is 3.25. The van der Waals surface area contributed by atoms with Gasteiger partial charge in [0.2, 0.25) is 0 Å². The van der Waals surface area contributed by atoms with Crippen LogP contribution in [0.15, 0.2) is 36.4 Å². The number of ketones is 2. The molecular weight excluding hydrogens is 316 g/mol. The Hall–Kier alpha value is -2.62. The number of hydrogen-bond donors (Lipinski definition) is 0. The molecule has 4 atom stereocenters. The molecule has 0 amide bonds. The topological polar surface area (TPSA) is 52.6 Å². The predicted octanol–water partition coefficient (Wildman–Crippen LogP) is 3.67. The molecule has 0 spiro atoms. The van der Waals surface area contributed by atoms with E-state index in [9.17, 15) is 9.59 Å². The molecule has 2 aromatic carbocycles. The van der Waals surface area contributed by atoms with E-state index in [-0.39, 0.29) is 35.2 Å².